The van der Waals surface area contributed by atoms with Crippen molar-refractivity contribution in [2.75, 3.05) is 10.6 Å². The van der Waals surface area contributed by atoms with Crippen LogP contribution < -0.4 is 20.9 Å². The molecule has 0 unspecified atom stereocenters. The zero-order chi connectivity index (χ0) is 27.3. The number of anilines is 2. The number of aromatic amines is 1. The van der Waals surface area contributed by atoms with Crippen LogP contribution >= 0.6 is 12.2 Å². The second-order valence-corrected chi connectivity index (χ2v) is 10.2. The molecule has 1 aliphatic rings. The minimum absolute atomic E-state index is 0.189. The van der Waals surface area contributed by atoms with E-state index in [4.69, 9.17) is 12.2 Å². The van der Waals surface area contributed by atoms with Crippen LogP contribution in [0.5, 0.6) is 0 Å². The van der Waals surface area contributed by atoms with Crippen LogP contribution in [-0.4, -0.2) is 36.0 Å². The summed E-state index contributed by atoms with van der Waals surface area (Å²) < 4.78 is 72.3. The molecule has 1 aromatic heterocycles. The molecule has 15 heteroatoms. The maximum Gasteiger partial charge on any atom is 0.421 e. The number of nitrogens with zero attached hydrogens (tertiary/aromatic N) is 1. The monoisotopic (exact) mass is 553 g/mol. The lowest BCUT2D eigenvalue weighted by atomic mass is 9.93. The van der Waals surface area contributed by atoms with E-state index in [0.717, 1.165) is 28.8 Å². The number of sulfonamides is 1. The predicted octanol–water partition coefficient (Wildman–Crippen LogP) is 2.85. The van der Waals surface area contributed by atoms with Crippen molar-refractivity contribution in [3.05, 3.63) is 74.8 Å². The van der Waals surface area contributed by atoms with E-state index < -0.39 is 55.4 Å². The van der Waals surface area contributed by atoms with Crippen molar-refractivity contribution in [2.24, 2.45) is 0 Å². The van der Waals surface area contributed by atoms with Crippen molar-refractivity contribution >= 4 is 45.6 Å². The molecule has 0 radical (unpaired) electrons. The molecule has 0 fully saturated rings. The van der Waals surface area contributed by atoms with Crippen LogP contribution in [0.3, 0.4) is 0 Å². The van der Waals surface area contributed by atoms with E-state index in [0.29, 0.717) is 5.56 Å². The molecule has 0 saturated heterocycles. The van der Waals surface area contributed by atoms with Gasteiger partial charge in [-0.15, -0.1) is 0 Å². The quantitative estimate of drug-likeness (QED) is 0.358. The summed E-state index contributed by atoms with van der Waals surface area (Å²) >= 11 is 5.15. The molecular weight excluding hydrogens is 535 g/mol. The highest BCUT2D eigenvalue weighted by molar-refractivity contribution is 7.89. The summed E-state index contributed by atoms with van der Waals surface area (Å²) in [5.41, 5.74) is -5.46. The molecule has 0 aliphatic carbocycles. The second-order valence-electron chi connectivity index (χ2n) is 8.17. The number of alkyl halides is 3. The zero-order valence-electron chi connectivity index (χ0n) is 19.1. The number of rotatable bonds is 5. The summed E-state index contributed by atoms with van der Waals surface area (Å²) in [5, 5.41) is 4.40. The van der Waals surface area contributed by atoms with Gasteiger partial charge in [-0.3, -0.25) is 23.9 Å². The Morgan fingerprint density at radius 2 is 1.76 bits per heavy atom. The van der Waals surface area contributed by atoms with Crippen molar-refractivity contribution in [1.29, 1.82) is 0 Å². The minimum atomic E-state index is -5.59. The number of amides is 2. The number of halogens is 3. The number of hydrogen-bond acceptors (Lipinski definition) is 6. The Hall–Kier alpha value is -3.82. The van der Waals surface area contributed by atoms with E-state index in [-0.39, 0.29) is 16.1 Å². The molecule has 1 aliphatic heterocycles. The molecule has 0 saturated carbocycles. The number of aryl methyl sites for hydroxylation is 1. The second kappa shape index (κ2) is 8.93. The Labute approximate surface area is 212 Å². The largest absolute Gasteiger partial charge is 0.421 e. The molecule has 4 rings (SSSR count). The molecule has 3 aromatic rings. The number of hydrogen-bond donors (Lipinski definition) is 4. The molecule has 37 heavy (non-hydrogen) atoms. The molecule has 0 spiro atoms. The van der Waals surface area contributed by atoms with E-state index in [1.54, 1.807) is 25.1 Å². The fourth-order valence-electron chi connectivity index (χ4n) is 3.94. The van der Waals surface area contributed by atoms with E-state index in [1.807, 2.05) is 5.32 Å². The maximum absolute atomic E-state index is 14.7. The van der Waals surface area contributed by atoms with Gasteiger partial charge in [-0.1, -0.05) is 12.1 Å². The molecular formula is C22H18F3N5O5S2. The van der Waals surface area contributed by atoms with Crippen molar-refractivity contribution in [2.45, 2.75) is 30.5 Å². The fraction of sp³-hybridized carbons (Fsp3) is 0.182. The average Bonchev–Trinajstić information content (AvgIpc) is 3.06. The highest BCUT2D eigenvalue weighted by Gasteiger charge is 2.69. The van der Waals surface area contributed by atoms with Crippen LogP contribution in [0.4, 0.5) is 24.7 Å². The van der Waals surface area contributed by atoms with Gasteiger partial charge in [0, 0.05) is 12.6 Å². The summed E-state index contributed by atoms with van der Waals surface area (Å²) in [4.78, 5) is 38.5. The highest BCUT2D eigenvalue weighted by Crippen LogP contribution is 2.46. The van der Waals surface area contributed by atoms with Gasteiger partial charge in [0.25, 0.3) is 11.5 Å². The first-order valence-corrected chi connectivity index (χ1v) is 12.3. The summed E-state index contributed by atoms with van der Waals surface area (Å²) in [6.07, 6.45) is -5.59. The number of carbonyl (C=O) groups is 2. The van der Waals surface area contributed by atoms with Crippen molar-refractivity contribution < 1.29 is 31.2 Å². The third kappa shape index (κ3) is 4.45. The van der Waals surface area contributed by atoms with Crippen LogP contribution in [0.1, 0.15) is 18.1 Å². The third-order valence-electron chi connectivity index (χ3n) is 5.52. The molecule has 0 bridgehead atoms. The Kier molecular flexibility index (Phi) is 6.34. The van der Waals surface area contributed by atoms with Crippen LogP contribution in [0.15, 0.2) is 58.2 Å². The van der Waals surface area contributed by atoms with Gasteiger partial charge in [-0.2, -0.15) is 17.9 Å². The van der Waals surface area contributed by atoms with Gasteiger partial charge < -0.3 is 10.6 Å². The lowest BCUT2D eigenvalue weighted by Crippen LogP contribution is -2.61. The summed E-state index contributed by atoms with van der Waals surface area (Å²) in [7, 11) is -5.05. The van der Waals surface area contributed by atoms with Gasteiger partial charge in [-0.25, -0.2) is 8.42 Å². The van der Waals surface area contributed by atoms with Crippen LogP contribution in [0, 0.1) is 11.7 Å². The topological polar surface area (TPSA) is 142 Å². The summed E-state index contributed by atoms with van der Waals surface area (Å²) in [5.74, 6) is -2.91. The Morgan fingerprint density at radius 1 is 1.11 bits per heavy atom. The van der Waals surface area contributed by atoms with Crippen LogP contribution in [0.25, 0.3) is 5.69 Å². The number of aromatic nitrogens is 2. The lowest BCUT2D eigenvalue weighted by Gasteiger charge is -2.29. The number of carbonyl (C=O) groups excluding carboxylic acids is 2. The smallest absolute Gasteiger partial charge is 0.326 e. The first-order valence-electron chi connectivity index (χ1n) is 10.4. The molecule has 2 amide bonds. The van der Waals surface area contributed by atoms with E-state index in [9.17, 15) is 36.0 Å². The van der Waals surface area contributed by atoms with Gasteiger partial charge in [0.05, 0.1) is 16.1 Å². The Morgan fingerprint density at radius 3 is 2.32 bits per heavy atom. The number of fused-ring (bicyclic) bond motifs is 1. The predicted molar refractivity (Wildman–Crippen MR) is 129 cm³/mol. The fourth-order valence-corrected chi connectivity index (χ4v) is 5.55. The van der Waals surface area contributed by atoms with Gasteiger partial charge >= 0.3 is 6.18 Å². The SMILES string of the molecule is CC(=O)Nc1ccc(S(=O)(=O)N[C@@]2(C(F)(F)F)C(=O)Nc3c2c(=O)[nH]c(=S)n3-c2cccc(C)c2)cc1. The van der Waals surface area contributed by atoms with Gasteiger partial charge in [0.1, 0.15) is 5.82 Å². The van der Waals surface area contributed by atoms with E-state index >= 15 is 0 Å². The number of H-pyrrole nitrogens is 1. The van der Waals surface area contributed by atoms with Gasteiger partial charge in [0.15, 0.2) is 4.77 Å². The van der Waals surface area contributed by atoms with E-state index in [2.05, 4.69) is 10.3 Å². The number of benzene rings is 2. The standard InChI is InChI=1S/C22H18F3N5O5S2/c1-11-4-3-5-14(10-11)30-17-16(18(32)28-20(30)36)21(19(33)27-17,22(23,24)25)29-37(34,35)15-8-6-13(7-9-15)26-12(2)31/h3-10,29H,1-2H3,(H,26,31)(H,27,33)(H,28,32,36)/t21-/m1/s1. The van der Waals surface area contributed by atoms with Crippen molar-refractivity contribution in [1.82, 2.24) is 14.3 Å². The van der Waals surface area contributed by atoms with Crippen molar-refractivity contribution in [3.8, 4) is 5.69 Å². The van der Waals surface area contributed by atoms with Crippen LogP contribution in [-0.2, 0) is 25.2 Å². The Balaban J connectivity index is 1.93. The third-order valence-corrected chi connectivity index (χ3v) is 7.27. The molecule has 10 nitrogen and oxygen atoms in total. The minimum Gasteiger partial charge on any atom is -0.326 e. The first kappa shape index (κ1) is 26.2. The normalized spacial score (nSPS) is 17.3. The van der Waals surface area contributed by atoms with Crippen LogP contribution in [0.2, 0.25) is 0 Å². The first-order chi connectivity index (χ1) is 17.2. The average molecular weight is 554 g/mol. The maximum atomic E-state index is 14.7. The molecule has 194 valence electrons. The van der Waals surface area contributed by atoms with Gasteiger partial charge in [0.2, 0.25) is 21.5 Å². The molecule has 2 heterocycles. The summed E-state index contributed by atoms with van der Waals surface area (Å²) in [6, 6.07) is 10.5. The molecule has 4 N–H and O–H groups in total. The molecule has 1 atom stereocenters. The molecule has 2 aromatic carbocycles. The van der Waals surface area contributed by atoms with E-state index in [1.165, 1.54) is 17.7 Å². The lowest BCUT2D eigenvalue weighted by molar-refractivity contribution is -0.194. The van der Waals surface area contributed by atoms with Gasteiger partial charge in [-0.05, 0) is 61.1 Å². The highest BCUT2D eigenvalue weighted by atomic mass is 32.2. The Bertz CT molecular complexity index is 1660. The zero-order valence-corrected chi connectivity index (χ0v) is 20.7. The summed E-state index contributed by atoms with van der Waals surface area (Å²) in [6.45, 7) is 2.92. The van der Waals surface area contributed by atoms with Crippen molar-refractivity contribution in [3.63, 3.8) is 0 Å². The number of nitrogens with one attached hydrogen (secondary N) is 4.